The SMILES string of the molecule is C=C(N1CCc2ncc(C(F)(F)F)cc2C1)C1(CC(C)C)CCN(Cc2ccc3oc(=O)n(C)c3c2)C1. The minimum absolute atomic E-state index is 0.146. The highest BCUT2D eigenvalue weighted by molar-refractivity contribution is 5.73. The van der Waals surface area contributed by atoms with Gasteiger partial charge in [-0.1, -0.05) is 26.5 Å². The molecule has 0 bridgehead atoms. The standard InChI is InChI=1S/C28H33F3N4O2/c1-18(2)13-27(19(3)35-9-7-23-21(16-35)12-22(14-32-23)28(29,30)31)8-10-34(17-27)15-20-5-6-25-24(11-20)33(4)26(36)37-25/h5-6,11-12,14,18H,3,7-10,13,15-17H2,1-2,4H3. The Morgan fingerprint density at radius 1 is 1.24 bits per heavy atom. The second kappa shape index (κ2) is 9.35. The summed E-state index contributed by atoms with van der Waals surface area (Å²) in [4.78, 5) is 20.6. The van der Waals surface area contributed by atoms with Crippen LogP contribution in [0, 0.1) is 11.3 Å². The lowest BCUT2D eigenvalue weighted by Gasteiger charge is -2.42. The monoisotopic (exact) mass is 514 g/mol. The molecule has 0 amide bonds. The summed E-state index contributed by atoms with van der Waals surface area (Å²) < 4.78 is 46.7. The van der Waals surface area contributed by atoms with Gasteiger partial charge in [0.05, 0.1) is 11.1 Å². The van der Waals surface area contributed by atoms with Crippen LogP contribution in [0.3, 0.4) is 0 Å². The maximum atomic E-state index is 13.3. The molecule has 0 radical (unpaired) electrons. The highest BCUT2D eigenvalue weighted by Crippen LogP contribution is 2.45. The van der Waals surface area contributed by atoms with Gasteiger partial charge < -0.3 is 9.32 Å². The van der Waals surface area contributed by atoms with Crippen LogP contribution in [0.4, 0.5) is 13.2 Å². The van der Waals surface area contributed by atoms with E-state index in [4.69, 9.17) is 4.42 Å². The van der Waals surface area contributed by atoms with Crippen molar-refractivity contribution in [2.45, 2.75) is 52.4 Å². The molecule has 1 atom stereocenters. The molecule has 0 aliphatic carbocycles. The summed E-state index contributed by atoms with van der Waals surface area (Å²) in [5, 5.41) is 0. The quantitative estimate of drug-likeness (QED) is 0.444. The van der Waals surface area contributed by atoms with Gasteiger partial charge in [0.25, 0.3) is 0 Å². The second-order valence-electron chi connectivity index (χ2n) is 11.0. The Labute approximate surface area is 214 Å². The molecule has 1 unspecified atom stereocenters. The Hall–Kier alpha value is -3.07. The van der Waals surface area contributed by atoms with Gasteiger partial charge in [-0.25, -0.2) is 4.79 Å². The molecule has 1 aromatic carbocycles. The summed E-state index contributed by atoms with van der Waals surface area (Å²) in [6, 6.07) is 7.09. The van der Waals surface area contributed by atoms with Crippen LogP contribution in [-0.2, 0) is 32.7 Å². The molecule has 2 aromatic heterocycles. The third-order valence-electron chi connectivity index (χ3n) is 7.85. The van der Waals surface area contributed by atoms with Crippen molar-refractivity contribution in [3.63, 3.8) is 0 Å². The number of benzene rings is 1. The Morgan fingerprint density at radius 3 is 2.76 bits per heavy atom. The Morgan fingerprint density at radius 2 is 2.03 bits per heavy atom. The van der Waals surface area contributed by atoms with Crippen molar-refractivity contribution in [3.8, 4) is 0 Å². The molecule has 198 valence electrons. The molecular formula is C28H33F3N4O2. The lowest BCUT2D eigenvalue weighted by atomic mass is 9.76. The van der Waals surface area contributed by atoms with Gasteiger partial charge in [-0.15, -0.1) is 0 Å². The van der Waals surface area contributed by atoms with Crippen LogP contribution in [0.15, 0.2) is 51.9 Å². The molecule has 37 heavy (non-hydrogen) atoms. The maximum Gasteiger partial charge on any atom is 0.419 e. The molecule has 4 heterocycles. The first-order valence-corrected chi connectivity index (χ1v) is 12.8. The summed E-state index contributed by atoms with van der Waals surface area (Å²) in [5.74, 6) is 0.0744. The fraction of sp³-hybridized carbons (Fsp3) is 0.500. The van der Waals surface area contributed by atoms with Crippen molar-refractivity contribution in [2.24, 2.45) is 18.4 Å². The topological polar surface area (TPSA) is 54.5 Å². The molecule has 1 fully saturated rings. The molecule has 0 N–H and O–H groups in total. The van der Waals surface area contributed by atoms with Gasteiger partial charge in [0, 0.05) is 62.7 Å². The number of pyridine rings is 1. The van der Waals surface area contributed by atoms with Gasteiger partial charge in [-0.3, -0.25) is 14.5 Å². The number of rotatable bonds is 6. The molecule has 2 aliphatic heterocycles. The van der Waals surface area contributed by atoms with Gasteiger partial charge in [0.2, 0.25) is 0 Å². The van der Waals surface area contributed by atoms with E-state index in [2.05, 4.69) is 35.2 Å². The van der Waals surface area contributed by atoms with E-state index in [0.717, 1.165) is 61.1 Å². The third-order valence-corrected chi connectivity index (χ3v) is 7.85. The predicted octanol–water partition coefficient (Wildman–Crippen LogP) is 5.36. The highest BCUT2D eigenvalue weighted by atomic mass is 19.4. The van der Waals surface area contributed by atoms with Crippen molar-refractivity contribution in [1.29, 1.82) is 0 Å². The minimum atomic E-state index is -4.40. The van der Waals surface area contributed by atoms with Crippen LogP contribution in [0.2, 0.25) is 0 Å². The first-order chi connectivity index (χ1) is 17.4. The first kappa shape index (κ1) is 25.6. The van der Waals surface area contributed by atoms with E-state index in [1.165, 1.54) is 10.6 Å². The lowest BCUT2D eigenvalue weighted by molar-refractivity contribution is -0.137. The molecule has 0 saturated carbocycles. The molecule has 0 spiro atoms. The number of hydrogen-bond donors (Lipinski definition) is 0. The number of oxazole rings is 1. The first-order valence-electron chi connectivity index (χ1n) is 12.8. The van der Waals surface area contributed by atoms with E-state index in [1.54, 1.807) is 7.05 Å². The summed E-state index contributed by atoms with van der Waals surface area (Å²) in [6.45, 7) is 12.5. The van der Waals surface area contributed by atoms with Crippen LogP contribution < -0.4 is 5.76 Å². The number of alkyl halides is 3. The van der Waals surface area contributed by atoms with E-state index >= 15 is 0 Å². The number of likely N-dealkylation sites (tertiary alicyclic amines) is 1. The number of hydrogen-bond acceptors (Lipinski definition) is 5. The molecule has 1 saturated heterocycles. The van der Waals surface area contributed by atoms with E-state index in [9.17, 15) is 18.0 Å². The lowest BCUT2D eigenvalue weighted by Crippen LogP contribution is -2.40. The average Bonchev–Trinajstić information content (AvgIpc) is 3.37. The van der Waals surface area contributed by atoms with Crippen molar-refractivity contribution >= 4 is 11.1 Å². The molecule has 3 aromatic rings. The smallest absolute Gasteiger partial charge is 0.408 e. The number of nitrogens with zero attached hydrogens (tertiary/aromatic N) is 4. The van der Waals surface area contributed by atoms with Gasteiger partial charge in [-0.05, 0) is 54.6 Å². The van der Waals surface area contributed by atoms with Crippen LogP contribution in [0.5, 0.6) is 0 Å². The Bertz CT molecular complexity index is 1390. The predicted molar refractivity (Wildman–Crippen MR) is 136 cm³/mol. The second-order valence-corrected chi connectivity index (χ2v) is 11.0. The summed E-state index contributed by atoms with van der Waals surface area (Å²) in [6.07, 6.45) is -0.949. The Kier molecular flexibility index (Phi) is 6.46. The number of halogens is 3. The molecule has 5 rings (SSSR count). The number of aromatic nitrogens is 2. The van der Waals surface area contributed by atoms with Crippen LogP contribution in [-0.4, -0.2) is 39.0 Å². The largest absolute Gasteiger partial charge is 0.419 e. The molecular weight excluding hydrogens is 481 g/mol. The number of fused-ring (bicyclic) bond motifs is 2. The van der Waals surface area contributed by atoms with E-state index in [0.29, 0.717) is 36.6 Å². The van der Waals surface area contributed by atoms with E-state index in [-0.39, 0.29) is 11.2 Å². The van der Waals surface area contributed by atoms with Crippen LogP contribution >= 0.6 is 0 Å². The third kappa shape index (κ3) is 4.93. The fourth-order valence-corrected chi connectivity index (χ4v) is 6.07. The average molecular weight is 515 g/mol. The van der Waals surface area contributed by atoms with Crippen molar-refractivity contribution < 1.29 is 17.6 Å². The van der Waals surface area contributed by atoms with E-state index in [1.807, 2.05) is 18.2 Å². The van der Waals surface area contributed by atoms with Gasteiger partial charge in [0.1, 0.15) is 0 Å². The zero-order valence-corrected chi connectivity index (χ0v) is 21.6. The van der Waals surface area contributed by atoms with Crippen molar-refractivity contribution in [2.75, 3.05) is 19.6 Å². The summed E-state index contributed by atoms with van der Waals surface area (Å²) >= 11 is 0. The zero-order chi connectivity index (χ0) is 26.5. The fourth-order valence-electron chi connectivity index (χ4n) is 6.07. The molecule has 2 aliphatic rings. The van der Waals surface area contributed by atoms with Crippen molar-refractivity contribution in [3.05, 3.63) is 75.7 Å². The van der Waals surface area contributed by atoms with Gasteiger partial charge in [-0.2, -0.15) is 13.2 Å². The minimum Gasteiger partial charge on any atom is -0.408 e. The van der Waals surface area contributed by atoms with E-state index < -0.39 is 11.7 Å². The highest BCUT2D eigenvalue weighted by Gasteiger charge is 2.43. The van der Waals surface area contributed by atoms with Gasteiger partial charge >= 0.3 is 11.9 Å². The zero-order valence-electron chi connectivity index (χ0n) is 21.6. The van der Waals surface area contributed by atoms with Crippen molar-refractivity contribution in [1.82, 2.24) is 19.4 Å². The Balaban J connectivity index is 1.35. The maximum absolute atomic E-state index is 13.3. The molecule has 6 nitrogen and oxygen atoms in total. The van der Waals surface area contributed by atoms with Gasteiger partial charge in [0.15, 0.2) is 5.58 Å². The summed E-state index contributed by atoms with van der Waals surface area (Å²) in [7, 11) is 1.70. The van der Waals surface area contributed by atoms with Crippen LogP contribution in [0.1, 0.15) is 49.1 Å². The number of aryl methyl sites for hydroxylation is 1. The molecule has 9 heteroatoms. The normalized spacial score (nSPS) is 20.7. The van der Waals surface area contributed by atoms with Crippen LogP contribution in [0.25, 0.3) is 11.1 Å². The summed E-state index contributed by atoms with van der Waals surface area (Å²) in [5.41, 5.74) is 4.00.